The maximum atomic E-state index is 5.86. The van der Waals surface area contributed by atoms with E-state index in [-0.39, 0.29) is 0 Å². The van der Waals surface area contributed by atoms with Crippen molar-refractivity contribution in [3.05, 3.63) is 70.2 Å². The minimum Gasteiger partial charge on any atom is -0.389 e. The molecule has 0 atom stereocenters. The Bertz CT molecular complexity index is 695. The highest BCUT2D eigenvalue weighted by molar-refractivity contribution is 6.30. The number of amidine groups is 1. The molecular weight excluding hydrogens is 286 g/mol. The van der Waals surface area contributed by atoms with Crippen LogP contribution in [0.25, 0.3) is 0 Å². The Morgan fingerprint density at radius 1 is 1.19 bits per heavy atom. The summed E-state index contributed by atoms with van der Waals surface area (Å²) >= 11 is 5.86. The maximum absolute atomic E-state index is 5.86. The second-order valence-electron chi connectivity index (χ2n) is 4.67. The second-order valence-corrected chi connectivity index (χ2v) is 5.10. The van der Waals surface area contributed by atoms with Gasteiger partial charge in [0.2, 0.25) is 0 Å². The molecule has 0 N–H and O–H groups in total. The number of benzene rings is 2. The van der Waals surface area contributed by atoms with Crippen LogP contribution in [0.2, 0.25) is 5.02 Å². The Kier molecular flexibility index (Phi) is 3.88. The van der Waals surface area contributed by atoms with E-state index in [4.69, 9.17) is 16.4 Å². The van der Waals surface area contributed by atoms with Gasteiger partial charge < -0.3 is 4.84 Å². The van der Waals surface area contributed by atoms with Crippen LogP contribution in [0.3, 0.4) is 0 Å². The van der Waals surface area contributed by atoms with Crippen molar-refractivity contribution in [2.75, 3.05) is 7.05 Å². The molecule has 2 aromatic rings. The number of fused-ring (bicyclic) bond motifs is 1. The zero-order valence-electron chi connectivity index (χ0n) is 11.5. The van der Waals surface area contributed by atoms with Gasteiger partial charge in [0.25, 0.3) is 0 Å². The summed E-state index contributed by atoms with van der Waals surface area (Å²) in [5, 5.41) is 10.9. The molecule has 1 heterocycles. The van der Waals surface area contributed by atoms with E-state index in [1.165, 1.54) is 0 Å². The van der Waals surface area contributed by atoms with Crippen LogP contribution in [0.1, 0.15) is 16.7 Å². The molecule has 0 unspecified atom stereocenters. The molecule has 0 aliphatic carbocycles. The zero-order valence-corrected chi connectivity index (χ0v) is 12.3. The molecular formula is C16H14ClN3O. The van der Waals surface area contributed by atoms with Gasteiger partial charge in [0.1, 0.15) is 6.61 Å². The maximum Gasteiger partial charge on any atom is 0.195 e. The lowest BCUT2D eigenvalue weighted by molar-refractivity contribution is 0.121. The van der Waals surface area contributed by atoms with Gasteiger partial charge in [-0.2, -0.15) is 5.10 Å². The van der Waals surface area contributed by atoms with Gasteiger partial charge in [-0.1, -0.05) is 53.2 Å². The average Bonchev–Trinajstić information content (AvgIpc) is 2.53. The summed E-state index contributed by atoms with van der Waals surface area (Å²) < 4.78 is 0. The normalized spacial score (nSPS) is 13.5. The third-order valence-electron chi connectivity index (χ3n) is 3.19. The molecule has 0 saturated carbocycles. The van der Waals surface area contributed by atoms with Crippen LogP contribution in [0.4, 0.5) is 0 Å². The van der Waals surface area contributed by atoms with Crippen molar-refractivity contribution in [1.29, 1.82) is 0 Å². The van der Waals surface area contributed by atoms with Gasteiger partial charge >= 0.3 is 0 Å². The minimum atomic E-state index is 0.494. The summed E-state index contributed by atoms with van der Waals surface area (Å²) in [7, 11) is 1.84. The lowest BCUT2D eigenvalue weighted by Crippen LogP contribution is -2.26. The van der Waals surface area contributed by atoms with E-state index in [9.17, 15) is 0 Å². The molecule has 0 spiro atoms. The van der Waals surface area contributed by atoms with E-state index in [1.54, 1.807) is 11.2 Å². The lowest BCUT2D eigenvalue weighted by atomic mass is 10.1. The molecule has 106 valence electrons. The van der Waals surface area contributed by atoms with Crippen molar-refractivity contribution in [1.82, 2.24) is 5.01 Å². The summed E-state index contributed by atoms with van der Waals surface area (Å²) in [6.45, 7) is 0.494. The van der Waals surface area contributed by atoms with Gasteiger partial charge in [0.05, 0.1) is 6.21 Å². The van der Waals surface area contributed by atoms with E-state index >= 15 is 0 Å². The van der Waals surface area contributed by atoms with E-state index < -0.39 is 0 Å². The molecule has 21 heavy (non-hydrogen) atoms. The highest BCUT2D eigenvalue weighted by Crippen LogP contribution is 2.18. The predicted octanol–water partition coefficient (Wildman–Crippen LogP) is 3.50. The summed E-state index contributed by atoms with van der Waals surface area (Å²) in [4.78, 5) is 5.25. The van der Waals surface area contributed by atoms with E-state index in [1.807, 2.05) is 55.6 Å². The van der Waals surface area contributed by atoms with Crippen LogP contribution in [0.15, 0.2) is 58.8 Å². The highest BCUT2D eigenvalue weighted by atomic mass is 35.5. The van der Waals surface area contributed by atoms with Crippen LogP contribution in [0.5, 0.6) is 0 Å². The van der Waals surface area contributed by atoms with Gasteiger partial charge in [0, 0.05) is 23.2 Å². The van der Waals surface area contributed by atoms with Crippen molar-refractivity contribution >= 4 is 23.7 Å². The Hall–Kier alpha value is -2.33. The topological polar surface area (TPSA) is 37.2 Å². The van der Waals surface area contributed by atoms with E-state index in [0.29, 0.717) is 17.5 Å². The number of hydrazone groups is 1. The molecule has 0 bridgehead atoms. The van der Waals surface area contributed by atoms with Crippen molar-refractivity contribution in [3.8, 4) is 0 Å². The molecule has 3 rings (SSSR count). The summed E-state index contributed by atoms with van der Waals surface area (Å²) in [6, 6.07) is 15.5. The molecule has 4 nitrogen and oxygen atoms in total. The van der Waals surface area contributed by atoms with Crippen LogP contribution in [-0.2, 0) is 11.4 Å². The number of nitrogens with zero attached hydrogens (tertiary/aromatic N) is 3. The Morgan fingerprint density at radius 3 is 2.76 bits per heavy atom. The molecule has 0 aromatic heterocycles. The third-order valence-corrected chi connectivity index (χ3v) is 3.44. The van der Waals surface area contributed by atoms with E-state index in [2.05, 4.69) is 10.3 Å². The molecule has 1 aliphatic rings. The number of hydrogen-bond acceptors (Lipinski definition) is 4. The van der Waals surface area contributed by atoms with Gasteiger partial charge in [-0.25, -0.2) is 5.01 Å². The first-order valence-corrected chi connectivity index (χ1v) is 6.93. The highest BCUT2D eigenvalue weighted by Gasteiger charge is 2.17. The van der Waals surface area contributed by atoms with Crippen molar-refractivity contribution in [2.45, 2.75) is 6.61 Å². The third kappa shape index (κ3) is 3.06. The molecule has 5 heteroatoms. The van der Waals surface area contributed by atoms with Gasteiger partial charge in [-0.15, -0.1) is 0 Å². The number of rotatable bonds is 2. The SMILES string of the molecule is CN(/N=C/c1ccc(Cl)cc1)C1=NOCc2ccccc21. The largest absolute Gasteiger partial charge is 0.389 e. The van der Waals surface area contributed by atoms with Crippen LogP contribution in [0, 0.1) is 0 Å². The Balaban J connectivity index is 1.81. The molecule has 2 aromatic carbocycles. The van der Waals surface area contributed by atoms with Gasteiger partial charge in [-0.05, 0) is 17.7 Å². The smallest absolute Gasteiger partial charge is 0.195 e. The number of halogens is 1. The van der Waals surface area contributed by atoms with Crippen molar-refractivity contribution in [3.63, 3.8) is 0 Å². The zero-order chi connectivity index (χ0) is 14.7. The average molecular weight is 300 g/mol. The number of oxime groups is 1. The molecule has 0 saturated heterocycles. The van der Waals surface area contributed by atoms with Gasteiger partial charge in [0.15, 0.2) is 5.84 Å². The first kappa shape index (κ1) is 13.6. The first-order valence-electron chi connectivity index (χ1n) is 6.55. The summed E-state index contributed by atoms with van der Waals surface area (Å²) in [5.41, 5.74) is 3.12. The van der Waals surface area contributed by atoms with Gasteiger partial charge in [-0.3, -0.25) is 0 Å². The van der Waals surface area contributed by atoms with E-state index in [0.717, 1.165) is 16.7 Å². The molecule has 0 amide bonds. The minimum absolute atomic E-state index is 0.494. The fraction of sp³-hybridized carbons (Fsp3) is 0.125. The monoisotopic (exact) mass is 299 g/mol. The van der Waals surface area contributed by atoms with Crippen molar-refractivity contribution in [2.24, 2.45) is 10.3 Å². The van der Waals surface area contributed by atoms with Crippen LogP contribution in [-0.4, -0.2) is 24.1 Å². The standard InChI is InChI=1S/C16H14ClN3O/c1-20(18-10-12-6-8-14(17)9-7-12)16-15-5-3-2-4-13(15)11-21-19-16/h2-10H,11H2,1H3/b18-10+. The fourth-order valence-electron chi connectivity index (χ4n) is 2.07. The molecule has 0 radical (unpaired) electrons. The predicted molar refractivity (Wildman–Crippen MR) is 84.6 cm³/mol. The second kappa shape index (κ2) is 5.97. The summed E-state index contributed by atoms with van der Waals surface area (Å²) in [6.07, 6.45) is 1.76. The fourth-order valence-corrected chi connectivity index (χ4v) is 2.19. The van der Waals surface area contributed by atoms with Crippen LogP contribution >= 0.6 is 11.6 Å². The molecule has 1 aliphatic heterocycles. The Morgan fingerprint density at radius 2 is 1.95 bits per heavy atom. The molecule has 0 fully saturated rings. The van der Waals surface area contributed by atoms with Crippen molar-refractivity contribution < 1.29 is 4.84 Å². The number of hydrogen-bond donors (Lipinski definition) is 0. The lowest BCUT2D eigenvalue weighted by Gasteiger charge is -2.21. The summed E-state index contributed by atoms with van der Waals surface area (Å²) in [5.74, 6) is 0.696. The van der Waals surface area contributed by atoms with Crippen LogP contribution < -0.4 is 0 Å². The Labute approximate surface area is 128 Å². The first-order chi connectivity index (χ1) is 10.2. The quantitative estimate of drug-likeness (QED) is 0.629.